The number of imidazole rings is 1. The van der Waals surface area contributed by atoms with Crippen LogP contribution in [0.15, 0.2) is 48.0 Å². The second kappa shape index (κ2) is 4.77. The van der Waals surface area contributed by atoms with Crippen LogP contribution >= 0.6 is 11.6 Å². The normalized spacial score (nSPS) is 11.7. The Morgan fingerprint density at radius 3 is 2.85 bits per heavy atom. The Morgan fingerprint density at radius 1 is 1.25 bits per heavy atom. The number of hydrogen-bond donors (Lipinski definition) is 1. The van der Waals surface area contributed by atoms with E-state index in [0.717, 1.165) is 0 Å². The monoisotopic (exact) mass is 309 g/mol. The van der Waals surface area contributed by atoms with Crippen molar-refractivity contribution < 1.29 is 12.6 Å². The first-order valence-corrected chi connectivity index (χ1v) is 7.33. The lowest BCUT2D eigenvalue weighted by Crippen LogP contribution is -2.10. The summed E-state index contributed by atoms with van der Waals surface area (Å²) in [5.74, 6) is 0.111. The Bertz CT molecular complexity index is 863. The zero-order chi connectivity index (χ0) is 14.2. The second-order valence-electron chi connectivity index (χ2n) is 3.90. The number of nitrogens with one attached hydrogen (secondary N) is 1. The summed E-state index contributed by atoms with van der Waals surface area (Å²) in [5, 5.41) is 0.961. The molecular weight excluding hydrogens is 302 g/mol. The minimum Gasteiger partial charge on any atom is -0.376 e. The van der Waals surface area contributed by atoms with Crippen LogP contribution in [-0.4, -0.2) is 23.4 Å². The average molecular weight is 310 g/mol. The highest BCUT2D eigenvalue weighted by Crippen LogP contribution is 2.31. The molecule has 20 heavy (non-hydrogen) atoms. The number of aromatic amines is 1. The summed E-state index contributed by atoms with van der Waals surface area (Å²) in [6.45, 7) is 0. The molecule has 6 nitrogen and oxygen atoms in total. The van der Waals surface area contributed by atoms with Gasteiger partial charge in [0, 0.05) is 11.6 Å². The molecule has 0 aliphatic heterocycles. The lowest BCUT2D eigenvalue weighted by molar-refractivity contribution is 0.485. The van der Waals surface area contributed by atoms with Crippen LogP contribution in [0.25, 0.3) is 10.9 Å². The SMILES string of the molecule is O=S(=O)(Oc1ccc(Cl)c2cccnc12)c1cnc[nH]1. The van der Waals surface area contributed by atoms with Gasteiger partial charge in [0.1, 0.15) is 5.52 Å². The molecule has 0 atom stereocenters. The van der Waals surface area contributed by atoms with Gasteiger partial charge in [0.25, 0.3) is 0 Å². The van der Waals surface area contributed by atoms with Crippen LogP contribution in [0.2, 0.25) is 5.02 Å². The van der Waals surface area contributed by atoms with Crippen molar-refractivity contribution in [3.05, 3.63) is 48.0 Å². The van der Waals surface area contributed by atoms with Crippen molar-refractivity contribution >= 4 is 32.6 Å². The molecular formula is C12H8ClN3O3S. The minimum absolute atomic E-state index is 0.111. The third kappa shape index (κ3) is 2.21. The van der Waals surface area contributed by atoms with Crippen molar-refractivity contribution in [2.75, 3.05) is 0 Å². The van der Waals surface area contributed by atoms with Gasteiger partial charge in [0.15, 0.2) is 10.8 Å². The van der Waals surface area contributed by atoms with Crippen LogP contribution in [0.3, 0.4) is 0 Å². The Hall–Kier alpha value is -2.12. The molecule has 0 amide bonds. The molecule has 1 N–H and O–H groups in total. The zero-order valence-electron chi connectivity index (χ0n) is 9.95. The van der Waals surface area contributed by atoms with E-state index in [-0.39, 0.29) is 10.8 Å². The molecule has 2 aromatic heterocycles. The molecule has 0 saturated carbocycles. The first kappa shape index (κ1) is 12.9. The maximum Gasteiger partial charge on any atom is 0.356 e. The van der Waals surface area contributed by atoms with Gasteiger partial charge in [0.05, 0.1) is 17.5 Å². The first-order valence-electron chi connectivity index (χ1n) is 5.54. The molecule has 0 radical (unpaired) electrons. The number of H-pyrrole nitrogens is 1. The zero-order valence-corrected chi connectivity index (χ0v) is 11.5. The number of benzene rings is 1. The van der Waals surface area contributed by atoms with E-state index in [0.29, 0.717) is 15.9 Å². The Kier molecular flexibility index (Phi) is 3.07. The van der Waals surface area contributed by atoms with E-state index in [2.05, 4.69) is 15.0 Å². The summed E-state index contributed by atoms with van der Waals surface area (Å²) in [6.07, 6.45) is 3.96. The molecule has 0 aliphatic carbocycles. The van der Waals surface area contributed by atoms with Crippen LogP contribution in [0, 0.1) is 0 Å². The third-order valence-electron chi connectivity index (χ3n) is 2.62. The molecule has 0 unspecified atom stereocenters. The fourth-order valence-corrected chi connectivity index (χ4v) is 2.79. The van der Waals surface area contributed by atoms with E-state index in [9.17, 15) is 8.42 Å². The van der Waals surface area contributed by atoms with Gasteiger partial charge in [-0.1, -0.05) is 11.6 Å². The average Bonchev–Trinajstić information content (AvgIpc) is 2.97. The predicted molar refractivity (Wildman–Crippen MR) is 73.2 cm³/mol. The quantitative estimate of drug-likeness (QED) is 0.751. The highest BCUT2D eigenvalue weighted by Gasteiger charge is 2.20. The van der Waals surface area contributed by atoms with Gasteiger partial charge in [-0.2, -0.15) is 8.42 Å². The van der Waals surface area contributed by atoms with E-state index in [1.807, 2.05) is 0 Å². The molecule has 2 heterocycles. The van der Waals surface area contributed by atoms with Crippen molar-refractivity contribution in [3.8, 4) is 5.75 Å². The lowest BCUT2D eigenvalue weighted by Gasteiger charge is -2.08. The molecule has 0 saturated heterocycles. The van der Waals surface area contributed by atoms with Gasteiger partial charge in [-0.15, -0.1) is 0 Å². The summed E-state index contributed by atoms with van der Waals surface area (Å²) in [5.41, 5.74) is 0.378. The van der Waals surface area contributed by atoms with E-state index in [1.54, 1.807) is 18.2 Å². The van der Waals surface area contributed by atoms with Crippen molar-refractivity contribution in [2.45, 2.75) is 5.03 Å². The Morgan fingerprint density at radius 2 is 2.10 bits per heavy atom. The lowest BCUT2D eigenvalue weighted by atomic mass is 10.2. The number of hydrogen-bond acceptors (Lipinski definition) is 5. The van der Waals surface area contributed by atoms with Crippen LogP contribution in [0.4, 0.5) is 0 Å². The van der Waals surface area contributed by atoms with E-state index >= 15 is 0 Å². The predicted octanol–water partition coefficient (Wildman–Crippen LogP) is 2.38. The summed E-state index contributed by atoms with van der Waals surface area (Å²) in [6, 6.07) is 6.47. The second-order valence-corrected chi connectivity index (χ2v) is 5.82. The molecule has 0 bridgehead atoms. The largest absolute Gasteiger partial charge is 0.376 e. The molecule has 0 fully saturated rings. The maximum atomic E-state index is 12.0. The topological polar surface area (TPSA) is 84.9 Å². The summed E-state index contributed by atoms with van der Waals surface area (Å²) >= 11 is 6.04. The Labute approximate surface area is 119 Å². The van der Waals surface area contributed by atoms with Gasteiger partial charge in [-0.05, 0) is 24.3 Å². The smallest absolute Gasteiger partial charge is 0.356 e. The number of nitrogens with zero attached hydrogens (tertiary/aromatic N) is 2. The van der Waals surface area contributed by atoms with Gasteiger partial charge < -0.3 is 9.17 Å². The van der Waals surface area contributed by atoms with E-state index in [4.69, 9.17) is 15.8 Å². The number of halogens is 1. The van der Waals surface area contributed by atoms with Crippen LogP contribution in [0.5, 0.6) is 5.75 Å². The molecule has 102 valence electrons. The Balaban J connectivity index is 2.11. The molecule has 0 spiro atoms. The van der Waals surface area contributed by atoms with Crippen molar-refractivity contribution in [2.24, 2.45) is 0 Å². The molecule has 1 aromatic carbocycles. The van der Waals surface area contributed by atoms with Gasteiger partial charge in [-0.25, -0.2) is 4.98 Å². The minimum atomic E-state index is -3.98. The number of pyridine rings is 1. The van der Waals surface area contributed by atoms with Crippen LogP contribution in [-0.2, 0) is 10.1 Å². The third-order valence-corrected chi connectivity index (χ3v) is 4.11. The molecule has 3 rings (SSSR count). The number of aromatic nitrogens is 3. The van der Waals surface area contributed by atoms with Gasteiger partial charge in [-0.3, -0.25) is 4.98 Å². The van der Waals surface area contributed by atoms with Crippen molar-refractivity contribution in [1.29, 1.82) is 0 Å². The molecule has 3 aromatic rings. The standard InChI is InChI=1S/C12H8ClN3O3S/c13-9-3-4-10(12-8(9)2-1-5-15-12)19-20(17,18)11-6-14-7-16-11/h1-7H,(H,14,16). The number of fused-ring (bicyclic) bond motifs is 1. The van der Waals surface area contributed by atoms with Crippen molar-refractivity contribution in [1.82, 2.24) is 15.0 Å². The first-order chi connectivity index (χ1) is 9.58. The summed E-state index contributed by atoms with van der Waals surface area (Å²) < 4.78 is 29.2. The fourth-order valence-electron chi connectivity index (χ4n) is 1.72. The molecule has 0 aliphatic rings. The highest BCUT2D eigenvalue weighted by atomic mass is 35.5. The number of rotatable bonds is 3. The van der Waals surface area contributed by atoms with Gasteiger partial charge in [0.2, 0.25) is 0 Å². The maximum absolute atomic E-state index is 12.0. The van der Waals surface area contributed by atoms with Crippen LogP contribution < -0.4 is 4.18 Å². The fraction of sp³-hybridized carbons (Fsp3) is 0. The van der Waals surface area contributed by atoms with E-state index < -0.39 is 10.1 Å². The summed E-state index contributed by atoms with van der Waals surface area (Å²) in [4.78, 5) is 10.2. The van der Waals surface area contributed by atoms with Crippen LogP contribution in [0.1, 0.15) is 0 Å². The van der Waals surface area contributed by atoms with Crippen molar-refractivity contribution in [3.63, 3.8) is 0 Å². The van der Waals surface area contributed by atoms with Gasteiger partial charge >= 0.3 is 10.1 Å². The highest BCUT2D eigenvalue weighted by molar-refractivity contribution is 7.87. The van der Waals surface area contributed by atoms with E-state index in [1.165, 1.54) is 24.8 Å². The molecule has 8 heteroatoms. The summed E-state index contributed by atoms with van der Waals surface area (Å²) in [7, 11) is -3.98.